The Morgan fingerprint density at radius 1 is 1.26 bits per heavy atom. The van der Waals surface area contributed by atoms with Crippen molar-refractivity contribution in [1.29, 1.82) is 0 Å². The van der Waals surface area contributed by atoms with Crippen LogP contribution in [0.5, 0.6) is 11.5 Å². The van der Waals surface area contributed by atoms with E-state index in [-0.39, 0.29) is 17.9 Å². The van der Waals surface area contributed by atoms with Crippen molar-refractivity contribution in [1.82, 2.24) is 0 Å². The summed E-state index contributed by atoms with van der Waals surface area (Å²) in [5.41, 5.74) is -0.766. The summed E-state index contributed by atoms with van der Waals surface area (Å²) in [5, 5.41) is 18.6. The number of esters is 1. The van der Waals surface area contributed by atoms with Crippen molar-refractivity contribution in [2.45, 2.75) is 6.92 Å². The number of phenols is 1. The number of ether oxygens (including phenoxy) is 2. The number of carbonyl (C=O) groups excluding carboxylic acids is 2. The monoisotopic (exact) mass is 268 g/mol. The molecule has 1 rings (SSSR count). The number of hydrogen-bond acceptors (Lipinski definition) is 6. The molecule has 19 heavy (non-hydrogen) atoms. The van der Waals surface area contributed by atoms with Crippen LogP contribution in [0.25, 0.3) is 0 Å². The van der Waals surface area contributed by atoms with Crippen molar-refractivity contribution < 1.29 is 34.1 Å². The second-order valence-electron chi connectivity index (χ2n) is 3.43. The highest BCUT2D eigenvalue weighted by Crippen LogP contribution is 2.32. The molecule has 0 radical (unpaired) electrons. The van der Waals surface area contributed by atoms with Crippen molar-refractivity contribution in [2.75, 3.05) is 13.7 Å². The number of phenolic OH excluding ortho intramolecular Hbond substituents is 1. The number of rotatable bonds is 5. The largest absolute Gasteiger partial charge is 0.504 e. The number of ketones is 1. The van der Waals surface area contributed by atoms with Crippen LogP contribution in [0.2, 0.25) is 0 Å². The minimum Gasteiger partial charge on any atom is -0.504 e. The molecule has 0 bridgehead atoms. The van der Waals surface area contributed by atoms with E-state index in [1.165, 1.54) is 14.0 Å². The molecule has 0 saturated carbocycles. The van der Waals surface area contributed by atoms with E-state index in [4.69, 9.17) is 9.84 Å². The molecule has 0 fully saturated rings. The number of carboxylic acid groups (broad SMARTS) is 1. The molecule has 102 valence electrons. The molecule has 0 saturated heterocycles. The molecule has 0 unspecified atom stereocenters. The van der Waals surface area contributed by atoms with Crippen molar-refractivity contribution >= 4 is 17.7 Å². The van der Waals surface area contributed by atoms with Crippen LogP contribution in [0.3, 0.4) is 0 Å². The van der Waals surface area contributed by atoms with Crippen LogP contribution in [-0.4, -0.2) is 41.7 Å². The van der Waals surface area contributed by atoms with Gasteiger partial charge in [-0.25, -0.2) is 9.59 Å². The van der Waals surface area contributed by atoms with Crippen LogP contribution < -0.4 is 4.74 Å². The normalized spacial score (nSPS) is 9.79. The molecule has 0 spiro atoms. The van der Waals surface area contributed by atoms with Gasteiger partial charge in [-0.2, -0.15) is 0 Å². The second-order valence-corrected chi connectivity index (χ2v) is 3.43. The molecule has 1 aromatic carbocycles. The molecule has 0 aliphatic heterocycles. The van der Waals surface area contributed by atoms with E-state index >= 15 is 0 Å². The van der Waals surface area contributed by atoms with Crippen LogP contribution in [0.4, 0.5) is 0 Å². The van der Waals surface area contributed by atoms with Gasteiger partial charge in [-0.3, -0.25) is 4.79 Å². The van der Waals surface area contributed by atoms with Crippen molar-refractivity contribution in [3.63, 3.8) is 0 Å². The van der Waals surface area contributed by atoms with Gasteiger partial charge >= 0.3 is 11.9 Å². The van der Waals surface area contributed by atoms with Gasteiger partial charge in [-0.05, 0) is 19.1 Å². The van der Waals surface area contributed by atoms with E-state index in [0.29, 0.717) is 0 Å². The summed E-state index contributed by atoms with van der Waals surface area (Å²) in [5.74, 6) is -4.46. The van der Waals surface area contributed by atoms with Crippen molar-refractivity contribution in [2.24, 2.45) is 0 Å². The average Bonchev–Trinajstić information content (AvgIpc) is 2.38. The van der Waals surface area contributed by atoms with Gasteiger partial charge in [0.25, 0.3) is 5.78 Å². The van der Waals surface area contributed by atoms with Crippen LogP contribution in [0.15, 0.2) is 12.1 Å². The molecular formula is C12H12O7. The van der Waals surface area contributed by atoms with E-state index in [1.54, 1.807) is 0 Å². The summed E-state index contributed by atoms with van der Waals surface area (Å²) in [6.45, 7) is 1.50. The minimum atomic E-state index is -1.32. The molecule has 0 aliphatic rings. The first-order valence-corrected chi connectivity index (χ1v) is 5.28. The summed E-state index contributed by atoms with van der Waals surface area (Å²) < 4.78 is 9.25. The Labute approximate surface area is 108 Å². The number of aromatic hydroxyl groups is 1. The third-order valence-electron chi connectivity index (χ3n) is 2.25. The molecular weight excluding hydrogens is 256 g/mol. The van der Waals surface area contributed by atoms with Crippen LogP contribution >= 0.6 is 0 Å². The lowest BCUT2D eigenvalue weighted by atomic mass is 10.0. The number of Topliss-reactive ketones (excluding diaryl/α,β-unsaturated/α-hetero) is 1. The van der Waals surface area contributed by atoms with Crippen molar-refractivity contribution in [3.8, 4) is 11.5 Å². The highest BCUT2D eigenvalue weighted by Gasteiger charge is 2.25. The maximum absolute atomic E-state index is 11.7. The lowest BCUT2D eigenvalue weighted by molar-refractivity contribution is -0.137. The fourth-order valence-corrected chi connectivity index (χ4v) is 1.37. The van der Waals surface area contributed by atoms with E-state index in [1.807, 2.05) is 0 Å². The molecule has 0 aliphatic carbocycles. The molecule has 1 aromatic rings. The quantitative estimate of drug-likeness (QED) is 0.462. The third kappa shape index (κ3) is 3.01. The lowest BCUT2D eigenvalue weighted by Gasteiger charge is -2.09. The highest BCUT2D eigenvalue weighted by atomic mass is 16.5. The SMILES string of the molecule is CCOC(=O)C(=O)c1cc(C(=O)O)cc(OC)c1O. The topological polar surface area (TPSA) is 110 Å². The summed E-state index contributed by atoms with van der Waals surface area (Å²) in [4.78, 5) is 33.9. The molecule has 7 nitrogen and oxygen atoms in total. The standard InChI is InChI=1S/C12H12O7/c1-3-19-12(17)10(14)7-4-6(11(15)16)5-8(18-2)9(7)13/h4-5,13H,3H2,1-2H3,(H,15,16). The molecule has 0 heterocycles. The zero-order valence-corrected chi connectivity index (χ0v) is 10.3. The predicted molar refractivity (Wildman–Crippen MR) is 62.6 cm³/mol. The van der Waals surface area contributed by atoms with Gasteiger partial charge in [-0.15, -0.1) is 0 Å². The Hall–Kier alpha value is -2.57. The van der Waals surface area contributed by atoms with E-state index < -0.39 is 29.0 Å². The van der Waals surface area contributed by atoms with Gasteiger partial charge in [-0.1, -0.05) is 0 Å². The van der Waals surface area contributed by atoms with Gasteiger partial charge in [0.1, 0.15) is 0 Å². The molecule has 7 heteroatoms. The molecule has 0 aromatic heterocycles. The first kappa shape index (κ1) is 14.5. The number of methoxy groups -OCH3 is 1. The molecule has 2 N–H and O–H groups in total. The fourth-order valence-electron chi connectivity index (χ4n) is 1.37. The Morgan fingerprint density at radius 2 is 1.89 bits per heavy atom. The Balaban J connectivity index is 3.33. The molecule has 0 atom stereocenters. The number of benzene rings is 1. The zero-order valence-electron chi connectivity index (χ0n) is 10.3. The van der Waals surface area contributed by atoms with E-state index in [2.05, 4.69) is 4.74 Å². The number of hydrogen-bond donors (Lipinski definition) is 2. The van der Waals surface area contributed by atoms with Crippen LogP contribution in [-0.2, 0) is 9.53 Å². The Bertz CT molecular complexity index is 533. The average molecular weight is 268 g/mol. The summed E-state index contributed by atoms with van der Waals surface area (Å²) in [7, 11) is 1.19. The summed E-state index contributed by atoms with van der Waals surface area (Å²) in [6.07, 6.45) is 0. The van der Waals surface area contributed by atoms with Crippen LogP contribution in [0.1, 0.15) is 27.6 Å². The Morgan fingerprint density at radius 3 is 2.37 bits per heavy atom. The zero-order chi connectivity index (χ0) is 14.6. The van der Waals surface area contributed by atoms with Gasteiger partial charge in [0, 0.05) is 0 Å². The van der Waals surface area contributed by atoms with E-state index in [0.717, 1.165) is 12.1 Å². The lowest BCUT2D eigenvalue weighted by Crippen LogP contribution is -2.18. The van der Waals surface area contributed by atoms with Crippen molar-refractivity contribution in [3.05, 3.63) is 23.3 Å². The third-order valence-corrected chi connectivity index (χ3v) is 2.25. The number of carboxylic acids is 1. The smallest absolute Gasteiger partial charge is 0.379 e. The first-order valence-electron chi connectivity index (χ1n) is 5.28. The second kappa shape index (κ2) is 5.85. The predicted octanol–water partition coefficient (Wildman–Crippen LogP) is 0.845. The van der Waals surface area contributed by atoms with Gasteiger partial charge in [0.2, 0.25) is 0 Å². The maximum atomic E-state index is 11.7. The van der Waals surface area contributed by atoms with Gasteiger partial charge in [0.15, 0.2) is 11.5 Å². The first-order chi connectivity index (χ1) is 8.92. The number of carbonyl (C=O) groups is 3. The highest BCUT2D eigenvalue weighted by molar-refractivity contribution is 6.41. The maximum Gasteiger partial charge on any atom is 0.379 e. The summed E-state index contributed by atoms with van der Waals surface area (Å²) >= 11 is 0. The molecule has 0 amide bonds. The fraction of sp³-hybridized carbons (Fsp3) is 0.250. The van der Waals surface area contributed by atoms with Crippen LogP contribution in [0, 0.1) is 0 Å². The minimum absolute atomic E-state index is 0.0128. The van der Waals surface area contributed by atoms with Gasteiger partial charge in [0.05, 0.1) is 24.8 Å². The van der Waals surface area contributed by atoms with E-state index in [9.17, 15) is 19.5 Å². The Kier molecular flexibility index (Phi) is 4.46. The summed E-state index contributed by atoms with van der Waals surface area (Å²) in [6, 6.07) is 1.93. The van der Waals surface area contributed by atoms with Gasteiger partial charge < -0.3 is 19.7 Å². The number of aromatic carboxylic acids is 1.